The maximum absolute atomic E-state index is 12.1. The van der Waals surface area contributed by atoms with Gasteiger partial charge in [0.05, 0.1) is 12.2 Å². The summed E-state index contributed by atoms with van der Waals surface area (Å²) in [6.45, 7) is 6.32. The Kier molecular flexibility index (Phi) is 10.3. The smallest absolute Gasteiger partial charge is 0.166 e. The minimum atomic E-state index is -0.0193. The van der Waals surface area contributed by atoms with Gasteiger partial charge in [-0.05, 0) is 65.0 Å². The highest BCUT2D eigenvalue weighted by Gasteiger charge is 2.08. The van der Waals surface area contributed by atoms with Crippen LogP contribution in [0, 0.1) is 0 Å². The summed E-state index contributed by atoms with van der Waals surface area (Å²) in [6, 6.07) is 6.70. The minimum Gasteiger partial charge on any atom is -0.507 e. The van der Waals surface area contributed by atoms with Crippen LogP contribution in [0.25, 0.3) is 0 Å². The first-order valence-electron chi connectivity index (χ1n) is 9.33. The summed E-state index contributed by atoms with van der Waals surface area (Å²) in [5.74, 6) is 0.0389. The van der Waals surface area contributed by atoms with Crippen molar-refractivity contribution in [1.82, 2.24) is 0 Å². The first-order valence-corrected chi connectivity index (χ1v) is 9.33. The van der Waals surface area contributed by atoms with Crippen LogP contribution >= 0.6 is 0 Å². The molecule has 3 nitrogen and oxygen atoms in total. The number of phenols is 1. The van der Waals surface area contributed by atoms with Gasteiger partial charge < -0.3 is 10.2 Å². The van der Waals surface area contributed by atoms with Gasteiger partial charge in [0.2, 0.25) is 0 Å². The molecule has 0 amide bonds. The number of rotatable bonds is 11. The van der Waals surface area contributed by atoms with Crippen LogP contribution in [0.15, 0.2) is 59.2 Å². The maximum Gasteiger partial charge on any atom is 0.166 e. The summed E-state index contributed by atoms with van der Waals surface area (Å²) in [5.41, 5.74) is 4.09. The first kappa shape index (κ1) is 21.9. The molecule has 0 aliphatic carbocycles. The molecule has 1 aromatic carbocycles. The van der Waals surface area contributed by atoms with Crippen LogP contribution in [0.3, 0.4) is 0 Å². The third-order valence-corrected chi connectivity index (χ3v) is 4.38. The number of hydrogen-bond donors (Lipinski definition) is 2. The first-order chi connectivity index (χ1) is 12.4. The van der Waals surface area contributed by atoms with Crippen molar-refractivity contribution in [3.8, 4) is 5.75 Å². The lowest BCUT2D eigenvalue weighted by Gasteiger charge is -2.03. The van der Waals surface area contributed by atoms with Crippen LogP contribution in [0.5, 0.6) is 5.75 Å². The zero-order valence-corrected chi connectivity index (χ0v) is 16.3. The number of Topliss-reactive ketones (excluding diaryl/α,β-unsaturated/α-hetero) is 1. The van der Waals surface area contributed by atoms with Crippen molar-refractivity contribution < 1.29 is 15.0 Å². The molecule has 0 saturated heterocycles. The zero-order chi connectivity index (χ0) is 19.4. The zero-order valence-electron chi connectivity index (χ0n) is 16.3. The van der Waals surface area contributed by atoms with E-state index in [-0.39, 0.29) is 18.1 Å². The summed E-state index contributed by atoms with van der Waals surface area (Å²) >= 11 is 0. The molecule has 0 bridgehead atoms. The molecule has 0 fully saturated rings. The van der Waals surface area contributed by atoms with Gasteiger partial charge in [0, 0.05) is 6.42 Å². The molecule has 1 aromatic rings. The molecule has 0 saturated carbocycles. The Morgan fingerprint density at radius 3 is 1.88 bits per heavy atom. The minimum absolute atomic E-state index is 0.0193. The molecule has 0 aliphatic rings. The fourth-order valence-corrected chi connectivity index (χ4v) is 2.65. The third-order valence-electron chi connectivity index (χ3n) is 4.38. The molecule has 0 aliphatic heterocycles. The van der Waals surface area contributed by atoms with Crippen LogP contribution in [-0.4, -0.2) is 22.6 Å². The molecule has 0 radical (unpaired) electrons. The van der Waals surface area contributed by atoms with E-state index in [1.165, 1.54) is 11.1 Å². The van der Waals surface area contributed by atoms with E-state index < -0.39 is 0 Å². The fourth-order valence-electron chi connectivity index (χ4n) is 2.65. The Balaban J connectivity index is 2.32. The standard InChI is InChI=1S/C23H32O3/c1-18(11-7-13-20(3)17-24)9-6-10-19(2)12-8-16-23(26)21-14-4-5-15-22(21)25/h4-5,9,12-15,24-25H,6-8,10-11,16-17H2,1-3H3/b18-9+,19-12+,20-13-. The van der Waals surface area contributed by atoms with Gasteiger partial charge in [-0.2, -0.15) is 0 Å². The van der Waals surface area contributed by atoms with E-state index in [9.17, 15) is 9.90 Å². The molecular weight excluding hydrogens is 324 g/mol. The van der Waals surface area contributed by atoms with Crippen LogP contribution in [0.4, 0.5) is 0 Å². The Hall–Kier alpha value is -2.13. The molecule has 1 rings (SSSR count). The van der Waals surface area contributed by atoms with Crippen LogP contribution < -0.4 is 0 Å². The highest BCUT2D eigenvalue weighted by atomic mass is 16.3. The van der Waals surface area contributed by atoms with E-state index in [1.54, 1.807) is 24.3 Å². The average Bonchev–Trinajstić information content (AvgIpc) is 2.61. The van der Waals surface area contributed by atoms with Gasteiger partial charge in [-0.15, -0.1) is 0 Å². The number of allylic oxidation sites excluding steroid dienone is 5. The molecule has 2 N–H and O–H groups in total. The number of aliphatic hydroxyl groups is 1. The number of hydrogen-bond acceptors (Lipinski definition) is 3. The molecule has 3 heteroatoms. The Bertz CT molecular complexity index is 666. The van der Waals surface area contributed by atoms with Crippen LogP contribution in [-0.2, 0) is 0 Å². The maximum atomic E-state index is 12.1. The number of carbonyl (C=O) groups is 1. The predicted molar refractivity (Wildman–Crippen MR) is 108 cm³/mol. The van der Waals surface area contributed by atoms with Gasteiger partial charge in [-0.1, -0.05) is 47.1 Å². The number of carbonyl (C=O) groups excluding carboxylic acids is 1. The van der Waals surface area contributed by atoms with Crippen LogP contribution in [0.1, 0.15) is 69.7 Å². The largest absolute Gasteiger partial charge is 0.507 e. The van der Waals surface area contributed by atoms with Crippen molar-refractivity contribution in [1.29, 1.82) is 0 Å². The van der Waals surface area contributed by atoms with Crippen molar-refractivity contribution in [3.63, 3.8) is 0 Å². The van der Waals surface area contributed by atoms with E-state index >= 15 is 0 Å². The van der Waals surface area contributed by atoms with Gasteiger partial charge in [0.1, 0.15) is 5.75 Å². The Morgan fingerprint density at radius 2 is 1.35 bits per heavy atom. The monoisotopic (exact) mass is 356 g/mol. The summed E-state index contributed by atoms with van der Waals surface area (Å²) < 4.78 is 0. The SMILES string of the molecule is C/C(=C/CC/C(C)=C/CC/C(C)=C/CCC(=O)c1ccccc1O)CO. The van der Waals surface area contributed by atoms with E-state index in [0.29, 0.717) is 18.4 Å². The van der Waals surface area contributed by atoms with Crippen molar-refractivity contribution in [2.45, 2.75) is 59.3 Å². The van der Waals surface area contributed by atoms with Crippen molar-refractivity contribution in [3.05, 3.63) is 64.8 Å². The van der Waals surface area contributed by atoms with Gasteiger partial charge in [-0.3, -0.25) is 4.79 Å². The van der Waals surface area contributed by atoms with E-state index in [1.807, 2.05) is 6.92 Å². The van der Waals surface area contributed by atoms with E-state index in [2.05, 4.69) is 32.1 Å². The van der Waals surface area contributed by atoms with Crippen molar-refractivity contribution in [2.75, 3.05) is 6.61 Å². The molecule has 26 heavy (non-hydrogen) atoms. The summed E-state index contributed by atoms with van der Waals surface area (Å²) in [5, 5.41) is 18.7. The Labute approximate surface area is 157 Å². The Morgan fingerprint density at radius 1 is 0.846 bits per heavy atom. The topological polar surface area (TPSA) is 57.5 Å². The highest BCUT2D eigenvalue weighted by molar-refractivity contribution is 5.98. The summed E-state index contributed by atoms with van der Waals surface area (Å²) in [4.78, 5) is 12.1. The summed E-state index contributed by atoms with van der Waals surface area (Å²) in [6.07, 6.45) is 11.6. The normalized spacial score (nSPS) is 13.2. The number of phenolic OH excluding ortho intramolecular Hbond substituents is 1. The second-order valence-corrected chi connectivity index (χ2v) is 6.87. The molecule has 142 valence electrons. The van der Waals surface area contributed by atoms with E-state index in [0.717, 1.165) is 31.3 Å². The predicted octanol–water partition coefficient (Wildman–Crippen LogP) is 5.75. The van der Waals surface area contributed by atoms with Crippen molar-refractivity contribution in [2.24, 2.45) is 0 Å². The highest BCUT2D eigenvalue weighted by Crippen LogP contribution is 2.19. The number of ketones is 1. The second-order valence-electron chi connectivity index (χ2n) is 6.87. The molecule has 0 atom stereocenters. The number of aromatic hydroxyl groups is 1. The van der Waals surface area contributed by atoms with Gasteiger partial charge in [0.25, 0.3) is 0 Å². The van der Waals surface area contributed by atoms with Gasteiger partial charge >= 0.3 is 0 Å². The van der Waals surface area contributed by atoms with Crippen molar-refractivity contribution >= 4 is 5.78 Å². The lowest BCUT2D eigenvalue weighted by atomic mass is 10.0. The number of benzene rings is 1. The lowest BCUT2D eigenvalue weighted by Crippen LogP contribution is -1.98. The lowest BCUT2D eigenvalue weighted by molar-refractivity contribution is 0.0981. The molecule has 0 unspecified atom stereocenters. The molecular formula is C23H32O3. The third kappa shape index (κ3) is 8.82. The molecule has 0 aromatic heterocycles. The van der Waals surface area contributed by atoms with Gasteiger partial charge in [-0.25, -0.2) is 0 Å². The average molecular weight is 357 g/mol. The molecule has 0 heterocycles. The van der Waals surface area contributed by atoms with E-state index in [4.69, 9.17) is 5.11 Å². The van der Waals surface area contributed by atoms with Crippen LogP contribution in [0.2, 0.25) is 0 Å². The quantitative estimate of drug-likeness (QED) is 0.392. The fraction of sp³-hybridized carbons (Fsp3) is 0.435. The second kappa shape index (κ2) is 12.3. The summed E-state index contributed by atoms with van der Waals surface area (Å²) in [7, 11) is 0. The van der Waals surface area contributed by atoms with Gasteiger partial charge in [0.15, 0.2) is 5.78 Å². The molecule has 0 spiro atoms. The number of para-hydroxylation sites is 1. The number of aliphatic hydroxyl groups excluding tert-OH is 1.